The maximum atomic E-state index is 11.2. The van der Waals surface area contributed by atoms with Crippen LogP contribution in [-0.2, 0) is 81.1 Å². The second-order valence-electron chi connectivity index (χ2n) is 13.9. The van der Waals surface area contributed by atoms with Gasteiger partial charge < -0.3 is 57.0 Å². The molecule has 0 aromatic carbocycles. The van der Waals surface area contributed by atoms with Gasteiger partial charge in [0.25, 0.3) is 0 Å². The summed E-state index contributed by atoms with van der Waals surface area (Å²) in [5, 5.41) is 17.0. The average molecular weight is 940 g/mol. The van der Waals surface area contributed by atoms with E-state index in [1.165, 1.54) is 25.7 Å². The third kappa shape index (κ3) is 34.3. The third-order valence-electron chi connectivity index (χ3n) is 8.56. The van der Waals surface area contributed by atoms with Crippen LogP contribution in [0.4, 0.5) is 4.79 Å². The summed E-state index contributed by atoms with van der Waals surface area (Å²) in [5.41, 5.74) is 0. The molecule has 63 heavy (non-hydrogen) atoms. The van der Waals surface area contributed by atoms with Crippen LogP contribution >= 0.6 is 11.8 Å². The number of nitriles is 2. The highest BCUT2D eigenvalue weighted by Crippen LogP contribution is 2.26. The average Bonchev–Trinajstić information content (AvgIpc) is 3.95. The Morgan fingerprint density at radius 3 is 2.13 bits per heavy atom. The number of esters is 3. The molecule has 4 saturated heterocycles. The van der Waals surface area contributed by atoms with Crippen LogP contribution in [0.1, 0.15) is 64.2 Å². The summed E-state index contributed by atoms with van der Waals surface area (Å²) in [4.78, 5) is 56.6. The van der Waals surface area contributed by atoms with Crippen molar-refractivity contribution in [3.63, 3.8) is 0 Å². The molecule has 0 spiro atoms. The summed E-state index contributed by atoms with van der Waals surface area (Å²) >= 11 is 1.90. The number of ether oxygens (including phenoxy) is 11. The molecule has 0 aliphatic carbocycles. The van der Waals surface area contributed by atoms with Gasteiger partial charge in [0, 0.05) is 37.6 Å². The number of carbonyl (C=O) groups is 5. The zero-order valence-electron chi connectivity index (χ0n) is 36.5. The minimum Gasteiger partial charge on any atom is -0.469 e. The minimum absolute atomic E-state index is 0.0306. The number of sulfone groups is 1. The fraction of sp³-hybridized carbons (Fsp3) is 0.825. The molecular weight excluding hydrogens is 875 g/mol. The lowest BCUT2D eigenvalue weighted by Crippen LogP contribution is -2.33. The van der Waals surface area contributed by atoms with Crippen LogP contribution in [0.25, 0.3) is 0 Å². The number of likely N-dealkylation sites (tertiary alicyclic amines) is 1. The van der Waals surface area contributed by atoms with E-state index in [1.807, 2.05) is 22.7 Å². The van der Waals surface area contributed by atoms with E-state index in [0.717, 1.165) is 38.5 Å². The highest BCUT2D eigenvalue weighted by atomic mass is 32.2. The van der Waals surface area contributed by atoms with Crippen molar-refractivity contribution in [1.82, 2.24) is 4.90 Å². The molecule has 1 amide bonds. The van der Waals surface area contributed by atoms with E-state index >= 15 is 0 Å². The number of hydrogen-bond acceptors (Lipinski definition) is 21. The summed E-state index contributed by atoms with van der Waals surface area (Å²) in [6, 6.07) is 3.71. The standard InChI is InChI=1S/C11H18N2O3.C11H18O6.C10H18O5S2.C8H11NO4/c12-4-2-7-15-9-10-16-8-6-13-5-1-3-11(13)14;1-14-10(12)5-7-16-11(13)17-8-9-4-2-3-6-15-9;1-17(12,13)8-10(11)15-5-4-14-7-9-3-2-6-16-9;9-2-1-8(10)13-6-7-5-11-3-4-12-7/h1-3,5-10H2;2*9H,2-8H2,1H3;7H,1,3-6H2. The van der Waals surface area contributed by atoms with Gasteiger partial charge in [0.15, 0.2) is 9.84 Å². The van der Waals surface area contributed by atoms with Crippen LogP contribution in [0, 0.1) is 22.7 Å². The molecule has 21 nitrogen and oxygen atoms in total. The van der Waals surface area contributed by atoms with Gasteiger partial charge in [-0.25, -0.2) is 13.2 Å². The summed E-state index contributed by atoms with van der Waals surface area (Å²) in [5.74, 6) is -0.798. The molecule has 360 valence electrons. The van der Waals surface area contributed by atoms with Crippen LogP contribution in [0.3, 0.4) is 0 Å². The van der Waals surface area contributed by atoms with Crippen LogP contribution in [0.2, 0.25) is 0 Å². The monoisotopic (exact) mass is 939 g/mol. The van der Waals surface area contributed by atoms with Gasteiger partial charge >= 0.3 is 24.1 Å². The van der Waals surface area contributed by atoms with E-state index in [9.17, 15) is 32.4 Å². The number of amides is 1. The Balaban J connectivity index is 0.000000422. The van der Waals surface area contributed by atoms with Gasteiger partial charge in [-0.05, 0) is 44.3 Å². The zero-order chi connectivity index (χ0) is 46.4. The third-order valence-corrected chi connectivity index (χ3v) is 10.7. The van der Waals surface area contributed by atoms with E-state index in [-0.39, 0.29) is 57.4 Å². The molecule has 0 N–H and O–H groups in total. The minimum atomic E-state index is -3.30. The van der Waals surface area contributed by atoms with E-state index in [0.29, 0.717) is 90.7 Å². The lowest BCUT2D eigenvalue weighted by molar-refractivity contribution is -0.154. The normalized spacial score (nSPS) is 19.2. The van der Waals surface area contributed by atoms with E-state index in [2.05, 4.69) is 9.47 Å². The Hall–Kier alpha value is -3.81. The predicted molar refractivity (Wildman–Crippen MR) is 224 cm³/mol. The quantitative estimate of drug-likeness (QED) is 0.0806. The Labute approximate surface area is 374 Å². The van der Waals surface area contributed by atoms with Crippen molar-refractivity contribution in [3.8, 4) is 12.1 Å². The topological polar surface area (TPSA) is 272 Å². The first-order valence-electron chi connectivity index (χ1n) is 20.9. The lowest BCUT2D eigenvalue weighted by atomic mass is 10.1. The smallest absolute Gasteiger partial charge is 0.469 e. The summed E-state index contributed by atoms with van der Waals surface area (Å²) in [7, 11) is -2.02. The van der Waals surface area contributed by atoms with Crippen molar-refractivity contribution >= 4 is 51.6 Å². The molecule has 4 heterocycles. The summed E-state index contributed by atoms with van der Waals surface area (Å²) < 4.78 is 76.5. The Kier molecular flexibility index (Phi) is 34.1. The molecule has 0 aromatic heterocycles. The van der Waals surface area contributed by atoms with Crippen LogP contribution < -0.4 is 0 Å². The van der Waals surface area contributed by atoms with Crippen molar-refractivity contribution in [3.05, 3.63) is 0 Å². The maximum Gasteiger partial charge on any atom is 0.508 e. The largest absolute Gasteiger partial charge is 0.508 e. The van der Waals surface area contributed by atoms with Gasteiger partial charge in [-0.15, -0.1) is 0 Å². The van der Waals surface area contributed by atoms with Crippen LogP contribution in [-0.4, -0.2) is 191 Å². The van der Waals surface area contributed by atoms with Crippen molar-refractivity contribution in [1.29, 1.82) is 10.5 Å². The van der Waals surface area contributed by atoms with Gasteiger partial charge in [-0.3, -0.25) is 19.2 Å². The first kappa shape index (κ1) is 57.2. The number of rotatable bonds is 23. The molecule has 3 atom stereocenters. The molecule has 23 heteroatoms. The molecule has 0 aromatic rings. The molecule has 4 aliphatic heterocycles. The van der Waals surface area contributed by atoms with Crippen molar-refractivity contribution in [2.24, 2.45) is 0 Å². The van der Waals surface area contributed by atoms with E-state index in [4.69, 9.17) is 53.2 Å². The van der Waals surface area contributed by atoms with Gasteiger partial charge in [-0.2, -0.15) is 22.3 Å². The van der Waals surface area contributed by atoms with Gasteiger partial charge in [0.05, 0.1) is 97.7 Å². The van der Waals surface area contributed by atoms with E-state index < -0.39 is 39.7 Å². The Morgan fingerprint density at radius 1 is 0.762 bits per heavy atom. The first-order chi connectivity index (χ1) is 30.4. The lowest BCUT2D eigenvalue weighted by Gasteiger charge is -2.22. The van der Waals surface area contributed by atoms with Gasteiger partial charge in [0.1, 0.15) is 44.7 Å². The van der Waals surface area contributed by atoms with Gasteiger partial charge in [-0.1, -0.05) is 0 Å². The Morgan fingerprint density at radius 2 is 1.51 bits per heavy atom. The number of nitrogens with zero attached hydrogens (tertiary/aromatic N) is 3. The van der Waals surface area contributed by atoms with Crippen LogP contribution in [0.15, 0.2) is 0 Å². The predicted octanol–water partition coefficient (Wildman–Crippen LogP) is 2.17. The SMILES string of the molecule is COC(=O)CCOC(=O)OCC1CCCCO1.CS(=O)(=O)CC(=O)OCCOCC1CCCS1.N#CCC(=O)OCC1COCCO1.N#CCCOCCOCCN1CCCC1=O. The first-order valence-corrected chi connectivity index (χ1v) is 24.0. The molecular formula is C40H65N3O18S2. The van der Waals surface area contributed by atoms with E-state index in [1.54, 1.807) is 6.07 Å². The Bertz CT molecular complexity index is 1470. The second-order valence-corrected chi connectivity index (χ2v) is 17.5. The number of methoxy groups -OCH3 is 1. The number of carbonyl (C=O) groups excluding carboxylic acids is 5. The molecule has 0 radical (unpaired) electrons. The van der Waals surface area contributed by atoms with Crippen molar-refractivity contribution < 1.29 is 84.5 Å². The molecule has 0 bridgehead atoms. The molecule has 4 aliphatic rings. The molecule has 0 saturated carbocycles. The number of thioether (sulfide) groups is 1. The fourth-order valence-corrected chi connectivity index (χ4v) is 7.12. The second kappa shape index (κ2) is 37.6. The highest BCUT2D eigenvalue weighted by molar-refractivity contribution is 8.00. The fourth-order valence-electron chi connectivity index (χ4n) is 5.41. The summed E-state index contributed by atoms with van der Waals surface area (Å²) in [6.45, 7) is 7.33. The molecule has 4 fully saturated rings. The van der Waals surface area contributed by atoms with Crippen molar-refractivity contribution in [2.75, 3.05) is 130 Å². The van der Waals surface area contributed by atoms with Gasteiger partial charge in [0.2, 0.25) is 5.91 Å². The van der Waals surface area contributed by atoms with Crippen molar-refractivity contribution in [2.45, 2.75) is 81.7 Å². The number of hydrogen-bond donors (Lipinski definition) is 0. The molecule has 4 rings (SSSR count). The summed E-state index contributed by atoms with van der Waals surface area (Å²) in [6.07, 6.45) is 7.36. The molecule has 3 unspecified atom stereocenters. The zero-order valence-corrected chi connectivity index (χ0v) is 38.2. The maximum absolute atomic E-state index is 11.2. The highest BCUT2D eigenvalue weighted by Gasteiger charge is 2.20. The van der Waals surface area contributed by atoms with Crippen LogP contribution in [0.5, 0.6) is 0 Å².